The van der Waals surface area contributed by atoms with Crippen molar-refractivity contribution < 1.29 is 23.9 Å². The molecule has 4 heterocycles. The predicted molar refractivity (Wildman–Crippen MR) is 182 cm³/mol. The van der Waals surface area contributed by atoms with Gasteiger partial charge in [0.2, 0.25) is 0 Å². The van der Waals surface area contributed by atoms with Crippen molar-refractivity contribution in [1.29, 1.82) is 0 Å². The van der Waals surface area contributed by atoms with Gasteiger partial charge in [-0.3, -0.25) is 23.6 Å². The summed E-state index contributed by atoms with van der Waals surface area (Å²) in [5, 5.41) is 2.52. The highest BCUT2D eigenvalue weighted by molar-refractivity contribution is 5.96. The maximum absolute atomic E-state index is 14.3. The molecule has 1 saturated heterocycles. The molecule has 1 aliphatic rings. The summed E-state index contributed by atoms with van der Waals surface area (Å²) in [4.78, 5) is 63.0. The molecule has 49 heavy (non-hydrogen) atoms. The molecule has 1 fully saturated rings. The van der Waals surface area contributed by atoms with E-state index >= 15 is 0 Å². The second-order valence-corrected chi connectivity index (χ2v) is 13.0. The van der Waals surface area contributed by atoms with Crippen molar-refractivity contribution in [3.63, 3.8) is 0 Å². The molecule has 6 rings (SSSR count). The summed E-state index contributed by atoms with van der Waals surface area (Å²) >= 11 is 0. The molecule has 13 heteroatoms. The van der Waals surface area contributed by atoms with Gasteiger partial charge in [0.15, 0.2) is 5.65 Å². The number of likely N-dealkylation sites (tertiary alicyclic amines) is 1. The van der Waals surface area contributed by atoms with Gasteiger partial charge in [0.05, 0.1) is 37.1 Å². The minimum atomic E-state index is -0.629. The van der Waals surface area contributed by atoms with E-state index in [9.17, 15) is 19.2 Å². The van der Waals surface area contributed by atoms with E-state index in [1.54, 1.807) is 26.8 Å². The number of aromatic nitrogens is 5. The fourth-order valence-corrected chi connectivity index (χ4v) is 6.03. The molecule has 3 aromatic heterocycles. The smallest absolute Gasteiger partial charge is 0.357 e. The molecule has 1 atom stereocenters. The molecule has 1 amide bonds. The highest BCUT2D eigenvalue weighted by atomic mass is 16.6. The second kappa shape index (κ2) is 13.5. The van der Waals surface area contributed by atoms with Crippen molar-refractivity contribution in [3.05, 3.63) is 101 Å². The molecule has 1 aliphatic heterocycles. The van der Waals surface area contributed by atoms with Crippen molar-refractivity contribution in [2.45, 2.75) is 45.4 Å². The SMILES string of the molecule is COC(=O)CNC(=O)c1ccc2c(n1)n([C@H]1CCN(Cc3ncc(C(=O)OC(C)(C)C)n3C)C1)c(=O)n2-c1ccc(-c2ccccc2)cc1. The molecule has 13 nitrogen and oxygen atoms in total. The molecule has 254 valence electrons. The Morgan fingerprint density at radius 1 is 0.980 bits per heavy atom. The largest absolute Gasteiger partial charge is 0.468 e. The van der Waals surface area contributed by atoms with Crippen molar-refractivity contribution in [2.24, 2.45) is 7.05 Å². The summed E-state index contributed by atoms with van der Waals surface area (Å²) in [5.74, 6) is -0.900. The molecular weight excluding hydrogens is 626 g/mol. The number of hydrogen-bond acceptors (Lipinski definition) is 9. The monoisotopic (exact) mass is 665 g/mol. The molecule has 1 N–H and O–H groups in total. The Balaban J connectivity index is 1.32. The van der Waals surface area contributed by atoms with E-state index in [1.807, 2.05) is 75.4 Å². The fraction of sp³-hybridized carbons (Fsp3) is 0.333. The first-order chi connectivity index (χ1) is 23.4. The van der Waals surface area contributed by atoms with Crippen molar-refractivity contribution in [3.8, 4) is 16.8 Å². The molecule has 2 aromatic carbocycles. The van der Waals surface area contributed by atoms with Crippen LogP contribution >= 0.6 is 0 Å². The number of imidazole rings is 2. The number of pyridine rings is 1. The molecule has 0 saturated carbocycles. The van der Waals surface area contributed by atoms with Crippen molar-refractivity contribution >= 4 is 29.0 Å². The lowest BCUT2D eigenvalue weighted by molar-refractivity contribution is -0.139. The standard InChI is InChI=1S/C36H39N7O6/c1-36(2,3)49-34(46)29-19-37-30(40(29)4)22-41-18-17-26(21-41)43-32-28(16-15-27(39-32)33(45)38-20-31(44)48-5)42(35(43)47)25-13-11-24(12-14-25)23-9-7-6-8-10-23/h6-16,19,26H,17-18,20-22H2,1-5H3,(H,38,45)/t26-/m0/s1. The van der Waals surface area contributed by atoms with E-state index in [0.717, 1.165) is 11.1 Å². The zero-order valence-electron chi connectivity index (χ0n) is 28.2. The Kier molecular flexibility index (Phi) is 9.20. The first-order valence-electron chi connectivity index (χ1n) is 16.0. The van der Waals surface area contributed by atoms with E-state index in [0.29, 0.717) is 54.4 Å². The summed E-state index contributed by atoms with van der Waals surface area (Å²) in [6.07, 6.45) is 2.17. The lowest BCUT2D eigenvalue weighted by atomic mass is 10.1. The third-order valence-corrected chi connectivity index (χ3v) is 8.48. The van der Waals surface area contributed by atoms with Crippen molar-refractivity contribution in [2.75, 3.05) is 26.7 Å². The molecule has 0 spiro atoms. The number of fused-ring (bicyclic) bond motifs is 1. The maximum Gasteiger partial charge on any atom is 0.357 e. The van der Waals surface area contributed by atoms with Crippen LogP contribution in [0, 0.1) is 0 Å². The minimum absolute atomic E-state index is 0.0688. The number of hydrogen-bond donors (Lipinski definition) is 1. The average Bonchev–Trinajstić information content (AvgIpc) is 3.77. The van der Waals surface area contributed by atoms with Gasteiger partial charge < -0.3 is 19.4 Å². The number of methoxy groups -OCH3 is 1. The van der Waals surface area contributed by atoms with Crippen LogP contribution in [-0.4, -0.2) is 78.8 Å². The Morgan fingerprint density at radius 2 is 1.69 bits per heavy atom. The summed E-state index contributed by atoms with van der Waals surface area (Å²) in [7, 11) is 3.03. The zero-order chi connectivity index (χ0) is 34.9. The van der Waals surface area contributed by atoms with Gasteiger partial charge in [0.25, 0.3) is 5.91 Å². The van der Waals surface area contributed by atoms with Crippen LogP contribution in [0.5, 0.6) is 0 Å². The fourth-order valence-electron chi connectivity index (χ4n) is 6.03. The van der Waals surface area contributed by atoms with Crippen LogP contribution in [0.15, 0.2) is 77.7 Å². The zero-order valence-corrected chi connectivity index (χ0v) is 28.2. The molecule has 0 bridgehead atoms. The Bertz CT molecular complexity index is 2070. The van der Waals surface area contributed by atoms with Gasteiger partial charge in [-0.2, -0.15) is 0 Å². The molecule has 0 unspecified atom stereocenters. The molecule has 0 aliphatic carbocycles. The van der Waals surface area contributed by atoms with Crippen LogP contribution in [0.4, 0.5) is 0 Å². The lowest BCUT2D eigenvalue weighted by Crippen LogP contribution is -2.31. The van der Waals surface area contributed by atoms with Gasteiger partial charge in [0.1, 0.15) is 29.4 Å². The minimum Gasteiger partial charge on any atom is -0.468 e. The Labute approximate surface area is 283 Å². The summed E-state index contributed by atoms with van der Waals surface area (Å²) < 4.78 is 15.2. The van der Waals surface area contributed by atoms with Crippen LogP contribution in [-0.2, 0) is 27.9 Å². The highest BCUT2D eigenvalue weighted by Gasteiger charge is 2.31. The van der Waals surface area contributed by atoms with Gasteiger partial charge in [-0.1, -0.05) is 42.5 Å². The van der Waals surface area contributed by atoms with E-state index in [4.69, 9.17) is 4.74 Å². The lowest BCUT2D eigenvalue weighted by Gasteiger charge is -2.20. The number of nitrogens with one attached hydrogen (secondary N) is 1. The van der Waals surface area contributed by atoms with Gasteiger partial charge in [-0.05, 0) is 62.6 Å². The van der Waals surface area contributed by atoms with Crippen LogP contribution in [0.1, 0.15) is 60.0 Å². The number of carbonyl (C=O) groups is 3. The Hall–Kier alpha value is -5.56. The number of amides is 1. The molecule has 0 radical (unpaired) electrons. The normalized spacial score (nSPS) is 15.0. The van der Waals surface area contributed by atoms with E-state index < -0.39 is 23.4 Å². The summed E-state index contributed by atoms with van der Waals surface area (Å²) in [6.45, 7) is 6.79. The third kappa shape index (κ3) is 7.02. The van der Waals surface area contributed by atoms with Gasteiger partial charge >= 0.3 is 17.6 Å². The topological polar surface area (TPSA) is 143 Å². The maximum atomic E-state index is 14.3. The van der Waals surface area contributed by atoms with E-state index in [-0.39, 0.29) is 24.0 Å². The van der Waals surface area contributed by atoms with Crippen molar-refractivity contribution in [1.82, 2.24) is 33.9 Å². The van der Waals surface area contributed by atoms with E-state index in [1.165, 1.54) is 19.4 Å². The molecular formula is C36H39N7O6. The number of esters is 2. The predicted octanol–water partition coefficient (Wildman–Crippen LogP) is 3.89. The summed E-state index contributed by atoms with van der Waals surface area (Å²) in [6, 6.07) is 20.7. The quantitative estimate of drug-likeness (QED) is 0.232. The van der Waals surface area contributed by atoms with Crippen LogP contribution in [0.3, 0.4) is 0 Å². The Morgan fingerprint density at radius 3 is 2.39 bits per heavy atom. The van der Waals surface area contributed by atoms with Gasteiger partial charge in [-0.15, -0.1) is 0 Å². The number of ether oxygens (including phenoxy) is 2. The third-order valence-electron chi connectivity index (χ3n) is 8.48. The number of carbonyl (C=O) groups excluding carboxylic acids is 3. The van der Waals surface area contributed by atoms with Crippen LogP contribution in [0.2, 0.25) is 0 Å². The number of benzene rings is 2. The highest BCUT2D eigenvalue weighted by Crippen LogP contribution is 2.28. The number of rotatable bonds is 9. The average molecular weight is 666 g/mol. The second-order valence-electron chi connectivity index (χ2n) is 13.0. The number of nitrogens with zero attached hydrogens (tertiary/aromatic N) is 6. The van der Waals surface area contributed by atoms with Crippen LogP contribution in [0.25, 0.3) is 28.0 Å². The first-order valence-corrected chi connectivity index (χ1v) is 16.0. The summed E-state index contributed by atoms with van der Waals surface area (Å²) in [5.41, 5.74) is 3.17. The molecule has 5 aromatic rings. The van der Waals surface area contributed by atoms with Crippen LogP contribution < -0.4 is 11.0 Å². The first kappa shape index (κ1) is 33.3. The van der Waals surface area contributed by atoms with E-state index in [2.05, 4.69) is 24.9 Å². The van der Waals surface area contributed by atoms with Gasteiger partial charge in [-0.25, -0.2) is 19.6 Å². The van der Waals surface area contributed by atoms with Gasteiger partial charge in [0, 0.05) is 20.1 Å².